The number of unbranched alkanes of at least 4 members (excludes halogenated alkanes) is 3. The van der Waals surface area contributed by atoms with Crippen molar-refractivity contribution in [2.24, 2.45) is 7.05 Å². The molecule has 0 fully saturated rings. The van der Waals surface area contributed by atoms with E-state index in [1.807, 2.05) is 0 Å². The topological polar surface area (TPSA) is 13.1 Å². The maximum atomic E-state index is 5.90. The third-order valence-electron chi connectivity index (χ3n) is 6.03. The first-order chi connectivity index (χ1) is 16.7. The summed E-state index contributed by atoms with van der Waals surface area (Å²) in [5, 5.41) is 0. The van der Waals surface area contributed by atoms with Crippen LogP contribution < -0.4 is 33.3 Å². The number of nitrogens with zero attached hydrogens (tertiary/aromatic N) is 1. The van der Waals surface area contributed by atoms with Crippen LogP contribution in [0.5, 0.6) is 5.75 Å². The van der Waals surface area contributed by atoms with Gasteiger partial charge in [0, 0.05) is 16.7 Å². The van der Waals surface area contributed by atoms with Gasteiger partial charge in [-0.05, 0) is 54.0 Å². The van der Waals surface area contributed by atoms with Crippen molar-refractivity contribution in [3.63, 3.8) is 0 Å². The zero-order valence-electron chi connectivity index (χ0n) is 20.7. The molecule has 0 saturated heterocycles. The van der Waals surface area contributed by atoms with Gasteiger partial charge in [0.1, 0.15) is 12.8 Å². The highest BCUT2D eigenvalue weighted by Crippen LogP contribution is 2.27. The molecule has 0 aliphatic carbocycles. The minimum atomic E-state index is 0. The highest BCUT2D eigenvalue weighted by molar-refractivity contribution is 5.80. The molecule has 0 aliphatic heterocycles. The Morgan fingerprint density at radius 2 is 1.37 bits per heavy atom. The minimum absolute atomic E-state index is 0. The molecule has 0 N–H and O–H groups in total. The molecule has 0 saturated carbocycles. The van der Waals surface area contributed by atoms with Gasteiger partial charge in [-0.2, -0.15) is 4.57 Å². The summed E-state index contributed by atoms with van der Waals surface area (Å²) in [5.74, 6) is 0.941. The summed E-state index contributed by atoms with van der Waals surface area (Å²) in [7, 11) is 2.12. The van der Waals surface area contributed by atoms with Crippen molar-refractivity contribution in [3.8, 4) is 28.1 Å². The van der Waals surface area contributed by atoms with Gasteiger partial charge in [-0.15, -0.1) is 0 Å². The van der Waals surface area contributed by atoms with E-state index in [0.717, 1.165) is 24.3 Å². The predicted octanol–water partition coefficient (Wildman–Crippen LogP) is 4.98. The summed E-state index contributed by atoms with van der Waals surface area (Å²) in [5.41, 5.74) is 7.16. The highest BCUT2D eigenvalue weighted by atomic mass is 127. The maximum Gasteiger partial charge on any atom is 0.219 e. The van der Waals surface area contributed by atoms with E-state index in [4.69, 9.17) is 4.74 Å². The second-order valence-electron chi connectivity index (χ2n) is 8.69. The van der Waals surface area contributed by atoms with Gasteiger partial charge < -0.3 is 28.7 Å². The molecule has 0 radical (unpaired) electrons. The molecule has 1 heterocycles. The lowest BCUT2D eigenvalue weighted by Gasteiger charge is -2.09. The van der Waals surface area contributed by atoms with Crippen LogP contribution in [0.4, 0.5) is 0 Å². The number of benzene rings is 3. The summed E-state index contributed by atoms with van der Waals surface area (Å²) < 4.78 is 8.13. The molecule has 0 unspecified atom stereocenters. The monoisotopic (exact) mass is 575 g/mol. The van der Waals surface area contributed by atoms with Crippen molar-refractivity contribution in [1.29, 1.82) is 0 Å². The third-order valence-corrected chi connectivity index (χ3v) is 6.03. The van der Waals surface area contributed by atoms with Gasteiger partial charge in [-0.1, -0.05) is 92.9 Å². The fourth-order valence-corrected chi connectivity index (χ4v) is 4.21. The van der Waals surface area contributed by atoms with Gasteiger partial charge in [-0.3, -0.25) is 0 Å². The largest absolute Gasteiger partial charge is 1.00 e. The zero-order chi connectivity index (χ0) is 23.6. The standard InChI is InChI=1S/C32H34NO.HI/c1-3-4-5-12-23-34-31-21-18-26(19-22-31)17-20-29-24-30(27-13-8-6-9-14-27)25-33(2)32(29)28-15-10-7-11-16-28;/h6-11,13-22,24-25H,3-5,12,23H2,1-2H3;1H/q+1;/p-1/b20-17+;. The number of ether oxygens (including phenoxy) is 1. The Bertz CT molecular complexity index is 1200. The van der Waals surface area contributed by atoms with Gasteiger partial charge in [0.05, 0.1) is 6.61 Å². The fourth-order valence-electron chi connectivity index (χ4n) is 4.21. The first kappa shape index (κ1) is 26.7. The van der Waals surface area contributed by atoms with Crippen molar-refractivity contribution >= 4 is 12.2 Å². The van der Waals surface area contributed by atoms with Gasteiger partial charge in [0.25, 0.3) is 0 Å². The van der Waals surface area contributed by atoms with E-state index in [0.29, 0.717) is 0 Å². The quantitative estimate of drug-likeness (QED) is 0.148. The van der Waals surface area contributed by atoms with E-state index < -0.39 is 0 Å². The highest BCUT2D eigenvalue weighted by Gasteiger charge is 2.17. The van der Waals surface area contributed by atoms with Crippen LogP contribution >= 0.6 is 0 Å². The Morgan fingerprint density at radius 1 is 0.714 bits per heavy atom. The van der Waals surface area contributed by atoms with Crippen molar-refractivity contribution < 1.29 is 33.3 Å². The zero-order valence-corrected chi connectivity index (χ0v) is 22.8. The molecule has 0 aliphatic rings. The number of aromatic nitrogens is 1. The average molecular weight is 576 g/mol. The summed E-state index contributed by atoms with van der Waals surface area (Å²) in [6.07, 6.45) is 11.5. The van der Waals surface area contributed by atoms with E-state index in [1.165, 1.54) is 47.2 Å². The predicted molar refractivity (Wildman–Crippen MR) is 143 cm³/mol. The lowest BCUT2D eigenvalue weighted by Crippen LogP contribution is -3.00. The van der Waals surface area contributed by atoms with E-state index in [-0.39, 0.29) is 24.0 Å². The smallest absolute Gasteiger partial charge is 0.219 e. The number of pyridine rings is 1. The van der Waals surface area contributed by atoms with E-state index in [9.17, 15) is 0 Å². The van der Waals surface area contributed by atoms with Gasteiger partial charge in [0.15, 0.2) is 6.20 Å². The first-order valence-electron chi connectivity index (χ1n) is 12.3. The Morgan fingerprint density at radius 3 is 2.03 bits per heavy atom. The van der Waals surface area contributed by atoms with E-state index in [2.05, 4.69) is 128 Å². The van der Waals surface area contributed by atoms with Crippen LogP contribution in [-0.4, -0.2) is 6.61 Å². The number of halogens is 1. The Labute approximate surface area is 227 Å². The third kappa shape index (κ3) is 7.53. The Kier molecular flexibility index (Phi) is 10.5. The second-order valence-corrected chi connectivity index (χ2v) is 8.69. The normalized spacial score (nSPS) is 10.8. The number of rotatable bonds is 10. The molecule has 35 heavy (non-hydrogen) atoms. The molecular formula is C32H34INO. The molecular weight excluding hydrogens is 541 g/mol. The van der Waals surface area contributed by atoms with Crippen LogP contribution in [0.3, 0.4) is 0 Å². The van der Waals surface area contributed by atoms with Gasteiger partial charge in [-0.25, -0.2) is 0 Å². The molecule has 0 spiro atoms. The Hall–Kier alpha value is -2.92. The number of aryl methyl sites for hydroxylation is 1. The molecule has 4 aromatic rings. The molecule has 0 atom stereocenters. The van der Waals surface area contributed by atoms with Crippen LogP contribution in [0.1, 0.15) is 43.7 Å². The molecule has 3 aromatic carbocycles. The summed E-state index contributed by atoms with van der Waals surface area (Å²) >= 11 is 0. The van der Waals surface area contributed by atoms with Gasteiger partial charge >= 0.3 is 0 Å². The molecule has 1 aromatic heterocycles. The summed E-state index contributed by atoms with van der Waals surface area (Å²) in [4.78, 5) is 0. The van der Waals surface area contributed by atoms with Crippen molar-refractivity contribution in [1.82, 2.24) is 0 Å². The fraction of sp³-hybridized carbons (Fsp3) is 0.219. The first-order valence-corrected chi connectivity index (χ1v) is 12.3. The number of hydrogen-bond acceptors (Lipinski definition) is 1. The van der Waals surface area contributed by atoms with Crippen LogP contribution in [-0.2, 0) is 7.05 Å². The van der Waals surface area contributed by atoms with E-state index >= 15 is 0 Å². The molecule has 3 heteroatoms. The van der Waals surface area contributed by atoms with Crippen molar-refractivity contribution in [3.05, 3.63) is 108 Å². The van der Waals surface area contributed by atoms with Crippen LogP contribution in [0.15, 0.2) is 97.2 Å². The maximum absolute atomic E-state index is 5.90. The van der Waals surface area contributed by atoms with Crippen molar-refractivity contribution in [2.75, 3.05) is 6.61 Å². The molecule has 4 rings (SSSR count). The van der Waals surface area contributed by atoms with E-state index in [1.54, 1.807) is 0 Å². The lowest BCUT2D eigenvalue weighted by atomic mass is 9.99. The Balaban J connectivity index is 0.00000342. The minimum Gasteiger partial charge on any atom is -1.00 e. The second kappa shape index (κ2) is 13.8. The molecule has 0 amide bonds. The SMILES string of the molecule is CCCCCCOc1ccc(/C=C/c2cc(-c3ccccc3)c[n+](C)c2-c2ccccc2)cc1.[I-]. The summed E-state index contributed by atoms with van der Waals surface area (Å²) in [6.45, 7) is 3.02. The van der Waals surface area contributed by atoms with Crippen LogP contribution in [0, 0.1) is 0 Å². The molecule has 180 valence electrons. The van der Waals surface area contributed by atoms with Gasteiger partial charge in [0.2, 0.25) is 5.69 Å². The summed E-state index contributed by atoms with van der Waals surface area (Å²) in [6, 6.07) is 31.8. The number of hydrogen-bond donors (Lipinski definition) is 0. The molecule has 0 bridgehead atoms. The van der Waals surface area contributed by atoms with Crippen molar-refractivity contribution in [2.45, 2.75) is 32.6 Å². The average Bonchev–Trinajstić information content (AvgIpc) is 2.89. The van der Waals surface area contributed by atoms with Crippen LogP contribution in [0.25, 0.3) is 34.5 Å². The molecule has 2 nitrogen and oxygen atoms in total. The van der Waals surface area contributed by atoms with Crippen LogP contribution in [0.2, 0.25) is 0 Å². The lowest BCUT2D eigenvalue weighted by molar-refractivity contribution is -0.660.